The third-order valence-electron chi connectivity index (χ3n) is 4.06. The van der Waals surface area contributed by atoms with Crippen LogP contribution in [0.2, 0.25) is 5.02 Å². The Bertz CT molecular complexity index is 782. The third kappa shape index (κ3) is 3.86. The van der Waals surface area contributed by atoms with Crippen molar-refractivity contribution in [1.29, 1.82) is 0 Å². The Morgan fingerprint density at radius 3 is 2.72 bits per heavy atom. The number of benzene rings is 1. The molecule has 2 aliphatic heterocycles. The number of esters is 1. The number of allylic oxidation sites excluding steroid dienone is 3. The van der Waals surface area contributed by atoms with Gasteiger partial charge in [0.25, 0.3) is 0 Å². The van der Waals surface area contributed by atoms with E-state index < -0.39 is 23.6 Å². The molecule has 1 fully saturated rings. The van der Waals surface area contributed by atoms with Crippen LogP contribution in [0.15, 0.2) is 30.4 Å². The van der Waals surface area contributed by atoms with Crippen LogP contribution < -0.4 is 0 Å². The van der Waals surface area contributed by atoms with Crippen molar-refractivity contribution in [1.82, 2.24) is 0 Å². The predicted octanol–water partition coefficient (Wildman–Crippen LogP) is 2.69. The number of hydrogen-bond acceptors (Lipinski definition) is 6. The summed E-state index contributed by atoms with van der Waals surface area (Å²) in [5.74, 6) is -2.04. The molecule has 2 aliphatic rings. The van der Waals surface area contributed by atoms with Gasteiger partial charge in [-0.1, -0.05) is 29.8 Å². The Morgan fingerprint density at radius 1 is 1.20 bits per heavy atom. The molecule has 1 unspecified atom stereocenters. The molecule has 2 heterocycles. The van der Waals surface area contributed by atoms with E-state index in [1.165, 1.54) is 6.08 Å². The van der Waals surface area contributed by atoms with E-state index in [2.05, 4.69) is 0 Å². The van der Waals surface area contributed by atoms with E-state index in [1.54, 1.807) is 19.1 Å². The van der Waals surface area contributed by atoms with Crippen molar-refractivity contribution in [2.45, 2.75) is 38.1 Å². The number of aromatic hydroxyl groups is 2. The molecule has 0 spiro atoms. The Morgan fingerprint density at radius 2 is 1.96 bits per heavy atom. The highest BCUT2D eigenvalue weighted by Crippen LogP contribution is 2.37. The number of phenols is 2. The molecular formula is C18H17ClO6. The van der Waals surface area contributed by atoms with Crippen molar-refractivity contribution in [2.24, 2.45) is 0 Å². The minimum absolute atomic E-state index is 0.0348. The number of epoxide rings is 1. The number of halogens is 1. The Balaban J connectivity index is 2.01. The van der Waals surface area contributed by atoms with E-state index in [4.69, 9.17) is 21.1 Å². The van der Waals surface area contributed by atoms with Gasteiger partial charge in [0.2, 0.25) is 0 Å². The largest absolute Gasteiger partial charge is 0.507 e. The second-order valence-electron chi connectivity index (χ2n) is 6.06. The molecule has 1 aromatic carbocycles. The van der Waals surface area contributed by atoms with Crippen LogP contribution in [0.5, 0.6) is 11.5 Å². The summed E-state index contributed by atoms with van der Waals surface area (Å²) in [6.07, 6.45) is 6.13. The molecule has 3 rings (SSSR count). The van der Waals surface area contributed by atoms with E-state index >= 15 is 0 Å². The van der Waals surface area contributed by atoms with Gasteiger partial charge >= 0.3 is 5.97 Å². The zero-order chi connectivity index (χ0) is 18.1. The Hall–Kier alpha value is -2.31. The topological polar surface area (TPSA) is 96.4 Å². The van der Waals surface area contributed by atoms with Crippen molar-refractivity contribution < 1.29 is 29.3 Å². The zero-order valence-electron chi connectivity index (χ0n) is 13.4. The molecule has 0 aromatic heterocycles. The number of rotatable bonds is 0. The molecule has 7 heteroatoms. The number of hydrogen-bond donors (Lipinski definition) is 2. The normalized spacial score (nSPS) is 29.0. The lowest BCUT2D eigenvalue weighted by molar-refractivity contribution is -0.114. The van der Waals surface area contributed by atoms with Gasteiger partial charge in [0.15, 0.2) is 5.78 Å². The summed E-state index contributed by atoms with van der Waals surface area (Å²) >= 11 is 6.05. The molecule has 2 N–H and O–H groups in total. The highest BCUT2D eigenvalue weighted by Gasteiger charge is 2.38. The highest BCUT2D eigenvalue weighted by molar-refractivity contribution is 6.33. The molecule has 25 heavy (non-hydrogen) atoms. The maximum atomic E-state index is 12.5. The van der Waals surface area contributed by atoms with Gasteiger partial charge in [-0.05, 0) is 13.0 Å². The Labute approximate surface area is 149 Å². The lowest BCUT2D eigenvalue weighted by Gasteiger charge is -2.16. The number of carbonyl (C=O) groups excluding carboxylic acids is 2. The summed E-state index contributed by atoms with van der Waals surface area (Å²) in [5.41, 5.74) is -0.176. The zero-order valence-corrected chi connectivity index (χ0v) is 14.2. The number of ether oxygens (including phenoxy) is 2. The van der Waals surface area contributed by atoms with Crippen LogP contribution in [0.4, 0.5) is 0 Å². The molecule has 0 radical (unpaired) electrons. The van der Waals surface area contributed by atoms with Crippen molar-refractivity contribution in [2.75, 3.05) is 0 Å². The van der Waals surface area contributed by atoms with Crippen LogP contribution in [-0.4, -0.2) is 40.3 Å². The van der Waals surface area contributed by atoms with Crippen LogP contribution in [0, 0.1) is 0 Å². The fraction of sp³-hybridized carbons (Fsp3) is 0.333. The summed E-state index contributed by atoms with van der Waals surface area (Å²) in [6.45, 7) is 1.72. The first-order valence-electron chi connectivity index (χ1n) is 7.84. The van der Waals surface area contributed by atoms with Crippen LogP contribution in [0.1, 0.15) is 29.3 Å². The van der Waals surface area contributed by atoms with Crippen LogP contribution in [0.25, 0.3) is 0 Å². The average molecular weight is 365 g/mol. The smallest absolute Gasteiger partial charge is 0.342 e. The third-order valence-corrected chi connectivity index (χ3v) is 4.49. The minimum Gasteiger partial charge on any atom is -0.507 e. The van der Waals surface area contributed by atoms with Crippen LogP contribution in [-0.2, 0) is 20.7 Å². The molecule has 132 valence electrons. The lowest BCUT2D eigenvalue weighted by Crippen LogP contribution is -2.19. The number of carbonyl (C=O) groups is 2. The van der Waals surface area contributed by atoms with Crippen LogP contribution in [0.3, 0.4) is 0 Å². The quantitative estimate of drug-likeness (QED) is 0.542. The van der Waals surface area contributed by atoms with Crippen molar-refractivity contribution in [3.63, 3.8) is 0 Å². The van der Waals surface area contributed by atoms with Crippen molar-refractivity contribution in [3.8, 4) is 11.5 Å². The van der Waals surface area contributed by atoms with Gasteiger partial charge in [0, 0.05) is 24.5 Å². The van der Waals surface area contributed by atoms with Gasteiger partial charge in [-0.3, -0.25) is 4.79 Å². The van der Waals surface area contributed by atoms with E-state index in [0.717, 1.165) is 6.07 Å². The number of phenolic OH excluding ortho intramolecular Hbond substituents is 2. The first-order chi connectivity index (χ1) is 11.9. The first kappa shape index (κ1) is 17.5. The molecule has 0 aliphatic carbocycles. The standard InChI is InChI=1S/C18H17ClO6/c1-9-6-15-14(25-15)5-3-2-4-10(20)7-11-16(18(23)24-9)12(21)8-13(22)17(11)19/h2-5,8-9,14-15,21-22H,6-7H2,1H3/b4-2+,5-3-/t9-,14-,15?/m0/s1. The number of fused-ring (bicyclic) bond motifs is 2. The fourth-order valence-electron chi connectivity index (χ4n) is 2.78. The molecule has 0 amide bonds. The minimum atomic E-state index is -0.802. The molecule has 0 saturated carbocycles. The highest BCUT2D eigenvalue weighted by atomic mass is 35.5. The van der Waals surface area contributed by atoms with E-state index in [9.17, 15) is 19.8 Å². The summed E-state index contributed by atoms with van der Waals surface area (Å²) < 4.78 is 10.8. The van der Waals surface area contributed by atoms with E-state index in [-0.39, 0.29) is 40.6 Å². The summed E-state index contributed by atoms with van der Waals surface area (Å²) in [7, 11) is 0. The average Bonchev–Trinajstić information content (AvgIpc) is 3.25. The number of ketones is 1. The van der Waals surface area contributed by atoms with Gasteiger partial charge in [0.1, 0.15) is 29.3 Å². The first-order valence-corrected chi connectivity index (χ1v) is 8.22. The molecule has 1 saturated heterocycles. The predicted molar refractivity (Wildman–Crippen MR) is 89.9 cm³/mol. The van der Waals surface area contributed by atoms with Crippen molar-refractivity contribution in [3.05, 3.63) is 46.5 Å². The van der Waals surface area contributed by atoms with Gasteiger partial charge in [-0.2, -0.15) is 0 Å². The lowest BCUT2D eigenvalue weighted by atomic mass is 10.00. The molecular weight excluding hydrogens is 348 g/mol. The number of cyclic esters (lactones) is 1. The van der Waals surface area contributed by atoms with Gasteiger partial charge in [-0.25, -0.2) is 4.79 Å². The maximum absolute atomic E-state index is 12.5. The van der Waals surface area contributed by atoms with Gasteiger partial charge < -0.3 is 19.7 Å². The molecule has 3 atom stereocenters. The molecule has 1 aromatic rings. The second-order valence-corrected chi connectivity index (χ2v) is 6.44. The summed E-state index contributed by atoms with van der Waals surface area (Å²) in [4.78, 5) is 24.6. The van der Waals surface area contributed by atoms with E-state index in [1.807, 2.05) is 6.08 Å². The second kappa shape index (κ2) is 6.90. The molecule has 0 bridgehead atoms. The van der Waals surface area contributed by atoms with Gasteiger partial charge in [0.05, 0.1) is 11.1 Å². The molecule has 6 nitrogen and oxygen atoms in total. The van der Waals surface area contributed by atoms with E-state index in [0.29, 0.717) is 6.42 Å². The monoisotopic (exact) mass is 364 g/mol. The Kier molecular flexibility index (Phi) is 4.83. The summed E-state index contributed by atoms with van der Waals surface area (Å²) in [5, 5.41) is 19.7. The summed E-state index contributed by atoms with van der Waals surface area (Å²) in [6, 6.07) is 0.958. The van der Waals surface area contributed by atoms with Crippen LogP contribution >= 0.6 is 11.6 Å². The van der Waals surface area contributed by atoms with Gasteiger partial charge in [-0.15, -0.1) is 0 Å². The maximum Gasteiger partial charge on any atom is 0.342 e. The van der Waals surface area contributed by atoms with Crippen molar-refractivity contribution >= 4 is 23.4 Å². The fourth-order valence-corrected chi connectivity index (χ4v) is 3.00. The SMILES string of the molecule is C[C@H]1CC2O[C@H]2/C=C\C=C\C(=O)Cc2c(Cl)c(O)cc(O)c2C(=O)O1.